The van der Waals surface area contributed by atoms with Crippen LogP contribution in [0, 0.1) is 0 Å². The molecule has 1 aromatic rings. The van der Waals surface area contributed by atoms with E-state index in [0.717, 1.165) is 12.0 Å². The molecule has 0 spiro atoms. The topological polar surface area (TPSA) is 12.0 Å². The second-order valence-corrected chi connectivity index (χ2v) is 5.85. The number of nitrogens with one attached hydrogen (secondary N) is 1. The normalized spacial score (nSPS) is 14.3. The highest BCUT2D eigenvalue weighted by Gasteiger charge is 2.28. The first-order valence-corrected chi connectivity index (χ1v) is 7.04. The summed E-state index contributed by atoms with van der Waals surface area (Å²) in [5.41, 5.74) is 2.22. The SMILES string of the molecule is CCC(C)(C)c1ccc(C(CCC(F)(F)F)NC)cc1. The Labute approximate surface area is 119 Å². The van der Waals surface area contributed by atoms with Gasteiger partial charge in [-0.2, -0.15) is 13.2 Å². The minimum Gasteiger partial charge on any atom is -0.313 e. The molecule has 0 saturated heterocycles. The van der Waals surface area contributed by atoms with Crippen molar-refractivity contribution in [2.45, 2.75) is 57.7 Å². The zero-order valence-electron chi connectivity index (χ0n) is 12.6. The van der Waals surface area contributed by atoms with E-state index >= 15 is 0 Å². The summed E-state index contributed by atoms with van der Waals surface area (Å²) in [6, 6.07) is 7.66. The standard InChI is InChI=1S/C16H24F3N/c1-5-15(2,3)13-8-6-12(7-9-13)14(20-4)10-11-16(17,18)19/h6-9,14,20H,5,10-11H2,1-4H3. The number of halogens is 3. The van der Waals surface area contributed by atoms with Crippen LogP contribution in [0.4, 0.5) is 13.2 Å². The third kappa shape index (κ3) is 4.82. The summed E-state index contributed by atoms with van der Waals surface area (Å²) in [5.74, 6) is 0. The highest BCUT2D eigenvalue weighted by molar-refractivity contribution is 5.29. The molecule has 4 heteroatoms. The Hall–Kier alpha value is -1.03. The number of alkyl halides is 3. The molecule has 0 amide bonds. The van der Waals surface area contributed by atoms with Crippen molar-refractivity contribution >= 4 is 0 Å². The van der Waals surface area contributed by atoms with Gasteiger partial charge in [0.2, 0.25) is 0 Å². The third-order valence-corrected chi connectivity index (χ3v) is 4.04. The van der Waals surface area contributed by atoms with Crippen LogP contribution in [0.5, 0.6) is 0 Å². The van der Waals surface area contributed by atoms with E-state index in [1.165, 1.54) is 5.56 Å². The maximum absolute atomic E-state index is 12.3. The first-order valence-electron chi connectivity index (χ1n) is 7.04. The fourth-order valence-electron chi connectivity index (χ4n) is 2.16. The fraction of sp³-hybridized carbons (Fsp3) is 0.625. The molecule has 0 aliphatic carbocycles. The molecule has 0 aliphatic rings. The van der Waals surface area contributed by atoms with Crippen LogP contribution in [0.1, 0.15) is 57.2 Å². The van der Waals surface area contributed by atoms with Gasteiger partial charge in [0, 0.05) is 12.5 Å². The zero-order chi connectivity index (χ0) is 15.4. The van der Waals surface area contributed by atoms with Gasteiger partial charge < -0.3 is 5.32 Å². The molecule has 1 N–H and O–H groups in total. The summed E-state index contributed by atoms with van der Waals surface area (Å²) in [6.45, 7) is 6.47. The lowest BCUT2D eigenvalue weighted by Crippen LogP contribution is -2.20. The lowest BCUT2D eigenvalue weighted by molar-refractivity contribution is -0.136. The van der Waals surface area contributed by atoms with Gasteiger partial charge >= 0.3 is 6.18 Å². The average Bonchev–Trinajstić information content (AvgIpc) is 2.39. The van der Waals surface area contributed by atoms with E-state index in [1.54, 1.807) is 7.05 Å². The number of rotatable bonds is 6. The van der Waals surface area contributed by atoms with Crippen molar-refractivity contribution in [1.82, 2.24) is 5.32 Å². The maximum Gasteiger partial charge on any atom is 0.389 e. The molecule has 114 valence electrons. The van der Waals surface area contributed by atoms with Crippen molar-refractivity contribution in [2.24, 2.45) is 0 Å². The minimum atomic E-state index is -4.10. The van der Waals surface area contributed by atoms with Crippen LogP contribution in [0.2, 0.25) is 0 Å². The number of benzene rings is 1. The summed E-state index contributed by atoms with van der Waals surface area (Å²) in [4.78, 5) is 0. The molecule has 0 saturated carbocycles. The molecular formula is C16H24F3N. The molecular weight excluding hydrogens is 263 g/mol. The Bertz CT molecular complexity index is 407. The summed E-state index contributed by atoms with van der Waals surface area (Å²) >= 11 is 0. The van der Waals surface area contributed by atoms with Crippen molar-refractivity contribution in [3.05, 3.63) is 35.4 Å². The Morgan fingerprint density at radius 2 is 1.65 bits per heavy atom. The van der Waals surface area contributed by atoms with E-state index in [2.05, 4.69) is 26.1 Å². The van der Waals surface area contributed by atoms with Crippen molar-refractivity contribution in [2.75, 3.05) is 7.05 Å². The molecule has 1 aromatic carbocycles. The first-order chi connectivity index (χ1) is 9.19. The lowest BCUT2D eigenvalue weighted by Gasteiger charge is -2.24. The minimum absolute atomic E-state index is 0.0660. The smallest absolute Gasteiger partial charge is 0.313 e. The third-order valence-electron chi connectivity index (χ3n) is 4.04. The summed E-state index contributed by atoms with van der Waals surface area (Å²) in [5, 5.41) is 2.96. The largest absolute Gasteiger partial charge is 0.389 e. The Balaban J connectivity index is 2.80. The predicted octanol–water partition coefficient (Wildman–Crippen LogP) is 4.98. The van der Waals surface area contributed by atoms with Gasteiger partial charge in [0.05, 0.1) is 0 Å². The number of hydrogen-bond donors (Lipinski definition) is 1. The molecule has 1 rings (SSSR count). The maximum atomic E-state index is 12.3. The Morgan fingerprint density at radius 3 is 2.05 bits per heavy atom. The van der Waals surface area contributed by atoms with Crippen LogP contribution in [0.3, 0.4) is 0 Å². The second-order valence-electron chi connectivity index (χ2n) is 5.85. The van der Waals surface area contributed by atoms with Crippen LogP contribution in [-0.4, -0.2) is 13.2 Å². The molecule has 20 heavy (non-hydrogen) atoms. The fourth-order valence-corrected chi connectivity index (χ4v) is 2.16. The van der Waals surface area contributed by atoms with Gasteiger partial charge in [-0.1, -0.05) is 45.0 Å². The van der Waals surface area contributed by atoms with Crippen molar-refractivity contribution in [3.8, 4) is 0 Å². The lowest BCUT2D eigenvalue weighted by atomic mass is 9.81. The Kier molecular flexibility index (Phi) is 5.63. The van der Waals surface area contributed by atoms with E-state index in [-0.39, 0.29) is 17.9 Å². The van der Waals surface area contributed by atoms with Crippen LogP contribution >= 0.6 is 0 Å². The molecule has 0 aromatic heterocycles. The van der Waals surface area contributed by atoms with Gasteiger partial charge in [-0.15, -0.1) is 0 Å². The van der Waals surface area contributed by atoms with E-state index < -0.39 is 12.6 Å². The summed E-state index contributed by atoms with van der Waals surface area (Å²) in [6.07, 6.45) is -3.77. The van der Waals surface area contributed by atoms with Gasteiger partial charge in [0.1, 0.15) is 0 Å². The Morgan fingerprint density at radius 1 is 1.10 bits per heavy atom. The first kappa shape index (κ1) is 17.0. The van der Waals surface area contributed by atoms with E-state index in [4.69, 9.17) is 0 Å². The molecule has 1 unspecified atom stereocenters. The van der Waals surface area contributed by atoms with Crippen LogP contribution < -0.4 is 5.32 Å². The van der Waals surface area contributed by atoms with Crippen molar-refractivity contribution in [3.63, 3.8) is 0 Å². The summed E-state index contributed by atoms with van der Waals surface area (Å²) in [7, 11) is 1.70. The predicted molar refractivity (Wildman–Crippen MR) is 76.8 cm³/mol. The highest BCUT2D eigenvalue weighted by atomic mass is 19.4. The van der Waals surface area contributed by atoms with Crippen molar-refractivity contribution < 1.29 is 13.2 Å². The highest BCUT2D eigenvalue weighted by Crippen LogP contribution is 2.30. The van der Waals surface area contributed by atoms with E-state index in [0.29, 0.717) is 0 Å². The number of hydrogen-bond acceptors (Lipinski definition) is 1. The molecule has 1 nitrogen and oxygen atoms in total. The van der Waals surface area contributed by atoms with Gasteiger partial charge in [0.15, 0.2) is 0 Å². The van der Waals surface area contributed by atoms with E-state index in [9.17, 15) is 13.2 Å². The molecule has 0 aliphatic heterocycles. The quantitative estimate of drug-likeness (QED) is 0.778. The molecule has 0 radical (unpaired) electrons. The van der Waals surface area contributed by atoms with Gasteiger partial charge in [-0.3, -0.25) is 0 Å². The van der Waals surface area contributed by atoms with E-state index in [1.807, 2.05) is 24.3 Å². The van der Waals surface area contributed by atoms with Crippen molar-refractivity contribution in [1.29, 1.82) is 0 Å². The van der Waals surface area contributed by atoms with Gasteiger partial charge in [-0.05, 0) is 36.4 Å². The van der Waals surface area contributed by atoms with Crippen LogP contribution in [0.15, 0.2) is 24.3 Å². The molecule has 0 heterocycles. The second kappa shape index (κ2) is 6.61. The van der Waals surface area contributed by atoms with Crippen LogP contribution in [0.25, 0.3) is 0 Å². The molecule has 1 atom stereocenters. The zero-order valence-corrected chi connectivity index (χ0v) is 12.6. The summed E-state index contributed by atoms with van der Waals surface area (Å²) < 4.78 is 36.9. The molecule has 0 bridgehead atoms. The van der Waals surface area contributed by atoms with Gasteiger partial charge in [0.25, 0.3) is 0 Å². The van der Waals surface area contributed by atoms with Gasteiger partial charge in [-0.25, -0.2) is 0 Å². The monoisotopic (exact) mass is 287 g/mol. The van der Waals surface area contributed by atoms with Crippen LogP contribution in [-0.2, 0) is 5.41 Å². The average molecular weight is 287 g/mol. The molecule has 0 fully saturated rings.